The third-order valence-corrected chi connectivity index (χ3v) is 7.44. The van der Waals surface area contributed by atoms with Crippen LogP contribution in [0.25, 0.3) is 22.3 Å². The Morgan fingerprint density at radius 3 is 2.64 bits per heavy atom. The molecule has 2 aliphatic carbocycles. The SMILES string of the molecule is Cn1ncc(-c2ccc3c(c2)-c2c(ncnc2NC2CCC(N4CCOCC4)CC2)C3)c1F. The quantitative estimate of drug-likeness (QED) is 0.514. The van der Waals surface area contributed by atoms with Crippen molar-refractivity contribution < 1.29 is 9.13 Å². The first-order chi connectivity index (χ1) is 16.2. The minimum Gasteiger partial charge on any atom is -0.379 e. The standard InChI is InChI=1S/C25H29FN6O/c1-31-24(26)21(14-29-31)16-2-3-17-13-22-23(20(17)12-16)25(28-15-27-22)30-18-4-6-19(7-5-18)32-8-10-33-11-9-32/h2-3,12,14-15,18-19H,4-11,13H2,1H3,(H,27,28,30). The van der Waals surface area contributed by atoms with Gasteiger partial charge in [-0.05, 0) is 48.4 Å². The number of rotatable bonds is 4. The molecule has 0 bridgehead atoms. The molecule has 3 aromatic rings. The maximum Gasteiger partial charge on any atom is 0.219 e. The number of nitrogens with one attached hydrogen (secondary N) is 1. The molecule has 172 valence electrons. The number of fused-ring (bicyclic) bond motifs is 3. The lowest BCUT2D eigenvalue weighted by atomic mass is 9.89. The zero-order chi connectivity index (χ0) is 22.4. The summed E-state index contributed by atoms with van der Waals surface area (Å²) in [5.74, 6) is 0.574. The van der Waals surface area contributed by atoms with Crippen molar-refractivity contribution in [3.05, 3.63) is 47.9 Å². The van der Waals surface area contributed by atoms with Crippen molar-refractivity contribution >= 4 is 5.82 Å². The molecular formula is C25H29FN6O. The molecule has 0 spiro atoms. The van der Waals surface area contributed by atoms with Gasteiger partial charge in [-0.1, -0.05) is 12.1 Å². The Bertz CT molecular complexity index is 1160. The number of aromatic nitrogens is 4. The van der Waals surface area contributed by atoms with Crippen LogP contribution < -0.4 is 5.32 Å². The van der Waals surface area contributed by atoms with Gasteiger partial charge in [-0.3, -0.25) is 4.90 Å². The van der Waals surface area contributed by atoms with Crippen molar-refractivity contribution in [3.8, 4) is 22.3 Å². The number of halogens is 1. The maximum absolute atomic E-state index is 14.5. The molecule has 7 nitrogen and oxygen atoms in total. The van der Waals surface area contributed by atoms with Gasteiger partial charge in [0.25, 0.3) is 0 Å². The van der Waals surface area contributed by atoms with Crippen molar-refractivity contribution in [2.45, 2.75) is 44.2 Å². The Morgan fingerprint density at radius 2 is 1.88 bits per heavy atom. The van der Waals surface area contributed by atoms with E-state index in [9.17, 15) is 4.39 Å². The van der Waals surface area contributed by atoms with Crippen LogP contribution in [0.2, 0.25) is 0 Å². The molecule has 1 aromatic carbocycles. The van der Waals surface area contributed by atoms with Gasteiger partial charge in [0.05, 0.1) is 30.7 Å². The highest BCUT2D eigenvalue weighted by Crippen LogP contribution is 2.42. The highest BCUT2D eigenvalue weighted by molar-refractivity contribution is 5.86. The molecule has 3 aliphatic rings. The molecule has 1 saturated carbocycles. The molecule has 0 unspecified atom stereocenters. The van der Waals surface area contributed by atoms with Crippen LogP contribution in [-0.4, -0.2) is 63.0 Å². The molecule has 0 amide bonds. The first kappa shape index (κ1) is 20.7. The fourth-order valence-corrected chi connectivity index (χ4v) is 5.60. The van der Waals surface area contributed by atoms with E-state index in [1.165, 1.54) is 23.1 Å². The second-order valence-electron chi connectivity index (χ2n) is 9.36. The summed E-state index contributed by atoms with van der Waals surface area (Å²) in [6, 6.07) is 7.18. The number of hydrogen-bond acceptors (Lipinski definition) is 6. The van der Waals surface area contributed by atoms with Crippen LogP contribution in [0.4, 0.5) is 10.2 Å². The van der Waals surface area contributed by atoms with Crippen molar-refractivity contribution in [1.82, 2.24) is 24.6 Å². The predicted molar refractivity (Wildman–Crippen MR) is 124 cm³/mol. The maximum atomic E-state index is 14.5. The van der Waals surface area contributed by atoms with Gasteiger partial charge in [0, 0.05) is 44.2 Å². The topological polar surface area (TPSA) is 68.1 Å². The van der Waals surface area contributed by atoms with Gasteiger partial charge in [-0.15, -0.1) is 0 Å². The Balaban J connectivity index is 1.23. The molecule has 8 heteroatoms. The number of nitrogens with zero attached hydrogens (tertiary/aromatic N) is 5. The van der Waals surface area contributed by atoms with Gasteiger partial charge in [-0.25, -0.2) is 14.6 Å². The molecule has 0 atom stereocenters. The summed E-state index contributed by atoms with van der Waals surface area (Å²) >= 11 is 0. The molecule has 2 fully saturated rings. The Labute approximate surface area is 193 Å². The van der Waals surface area contributed by atoms with Crippen molar-refractivity contribution in [2.75, 3.05) is 31.6 Å². The van der Waals surface area contributed by atoms with E-state index in [0.717, 1.165) is 73.8 Å². The van der Waals surface area contributed by atoms with Gasteiger partial charge < -0.3 is 10.1 Å². The second kappa shape index (κ2) is 8.50. The van der Waals surface area contributed by atoms with Crippen LogP contribution in [-0.2, 0) is 18.2 Å². The Kier molecular flexibility index (Phi) is 5.34. The summed E-state index contributed by atoms with van der Waals surface area (Å²) in [6.07, 6.45) is 8.69. The average molecular weight is 449 g/mol. The summed E-state index contributed by atoms with van der Waals surface area (Å²) in [5.41, 5.74) is 5.74. The lowest BCUT2D eigenvalue weighted by Gasteiger charge is -2.39. The predicted octanol–water partition coefficient (Wildman–Crippen LogP) is 3.64. The molecule has 33 heavy (non-hydrogen) atoms. The number of hydrogen-bond donors (Lipinski definition) is 1. The van der Waals surface area contributed by atoms with Gasteiger partial charge in [0.2, 0.25) is 5.95 Å². The third-order valence-electron chi connectivity index (χ3n) is 7.44. The minimum absolute atomic E-state index is 0.326. The number of aryl methyl sites for hydroxylation is 1. The van der Waals surface area contributed by atoms with E-state index in [1.807, 2.05) is 6.07 Å². The largest absolute Gasteiger partial charge is 0.379 e. The summed E-state index contributed by atoms with van der Waals surface area (Å²) in [7, 11) is 1.62. The van der Waals surface area contributed by atoms with Crippen molar-refractivity contribution in [1.29, 1.82) is 0 Å². The zero-order valence-corrected chi connectivity index (χ0v) is 18.9. The van der Waals surface area contributed by atoms with E-state index in [2.05, 4.69) is 37.4 Å². The summed E-state index contributed by atoms with van der Waals surface area (Å²) < 4.78 is 21.3. The van der Waals surface area contributed by atoms with E-state index >= 15 is 0 Å². The normalized spacial score (nSPS) is 22.7. The van der Waals surface area contributed by atoms with Gasteiger partial charge in [0.1, 0.15) is 12.1 Å². The number of morpholine rings is 1. The summed E-state index contributed by atoms with van der Waals surface area (Å²) in [6.45, 7) is 3.82. The van der Waals surface area contributed by atoms with E-state index in [4.69, 9.17) is 4.74 Å². The Hall–Kier alpha value is -2.84. The first-order valence-corrected chi connectivity index (χ1v) is 11.9. The zero-order valence-electron chi connectivity index (χ0n) is 18.9. The van der Waals surface area contributed by atoms with Crippen LogP contribution in [0.5, 0.6) is 0 Å². The van der Waals surface area contributed by atoms with Crippen molar-refractivity contribution in [3.63, 3.8) is 0 Å². The van der Waals surface area contributed by atoms with Crippen LogP contribution in [0.15, 0.2) is 30.7 Å². The minimum atomic E-state index is -0.326. The molecule has 1 saturated heterocycles. The van der Waals surface area contributed by atoms with Crippen LogP contribution in [0.1, 0.15) is 36.9 Å². The molecule has 1 N–H and O–H groups in total. The smallest absolute Gasteiger partial charge is 0.219 e. The number of benzene rings is 1. The summed E-state index contributed by atoms with van der Waals surface area (Å²) in [5, 5.41) is 7.79. The monoisotopic (exact) mass is 448 g/mol. The van der Waals surface area contributed by atoms with E-state index in [-0.39, 0.29) is 5.95 Å². The number of ether oxygens (including phenoxy) is 1. The second-order valence-corrected chi connectivity index (χ2v) is 9.36. The third kappa shape index (κ3) is 3.81. The molecule has 2 aromatic heterocycles. The molecule has 1 aliphatic heterocycles. The van der Waals surface area contributed by atoms with E-state index in [0.29, 0.717) is 17.6 Å². The van der Waals surface area contributed by atoms with Gasteiger partial charge in [0.15, 0.2) is 0 Å². The molecular weight excluding hydrogens is 419 g/mol. The van der Waals surface area contributed by atoms with Gasteiger partial charge in [-0.2, -0.15) is 9.49 Å². The summed E-state index contributed by atoms with van der Waals surface area (Å²) in [4.78, 5) is 11.8. The highest BCUT2D eigenvalue weighted by atomic mass is 19.1. The highest BCUT2D eigenvalue weighted by Gasteiger charge is 2.29. The molecule has 0 radical (unpaired) electrons. The van der Waals surface area contributed by atoms with Crippen LogP contribution in [0.3, 0.4) is 0 Å². The molecule has 3 heterocycles. The molecule has 6 rings (SSSR count). The lowest BCUT2D eigenvalue weighted by Crippen LogP contribution is -2.46. The first-order valence-electron chi connectivity index (χ1n) is 11.9. The van der Waals surface area contributed by atoms with Gasteiger partial charge >= 0.3 is 0 Å². The van der Waals surface area contributed by atoms with Crippen LogP contribution in [0, 0.1) is 5.95 Å². The average Bonchev–Trinajstić information content (AvgIpc) is 3.40. The van der Waals surface area contributed by atoms with Crippen LogP contribution >= 0.6 is 0 Å². The fraction of sp³-hybridized carbons (Fsp3) is 0.480. The van der Waals surface area contributed by atoms with E-state index in [1.54, 1.807) is 19.6 Å². The Morgan fingerprint density at radius 1 is 1.06 bits per heavy atom. The van der Waals surface area contributed by atoms with E-state index < -0.39 is 0 Å². The number of anilines is 1. The lowest BCUT2D eigenvalue weighted by molar-refractivity contribution is 0.00791. The fourth-order valence-electron chi connectivity index (χ4n) is 5.60. The van der Waals surface area contributed by atoms with Crippen molar-refractivity contribution in [2.24, 2.45) is 7.05 Å².